The summed E-state index contributed by atoms with van der Waals surface area (Å²) in [5.41, 5.74) is 1.84. The first-order chi connectivity index (χ1) is 7.33. The second kappa shape index (κ2) is 3.46. The lowest BCUT2D eigenvalue weighted by Crippen LogP contribution is -2.19. The van der Waals surface area contributed by atoms with Crippen LogP contribution in [0.2, 0.25) is 0 Å². The third kappa shape index (κ3) is 1.59. The van der Waals surface area contributed by atoms with Crippen LogP contribution < -0.4 is 10.3 Å². The maximum absolute atomic E-state index is 4.54. The minimum atomic E-state index is 0.906. The molecular weight excluding hydrogens is 207 g/mol. The summed E-state index contributed by atoms with van der Waals surface area (Å²) in [4.78, 5) is 6.65. The van der Waals surface area contributed by atoms with Gasteiger partial charge in [0.05, 0.1) is 11.6 Å². The Morgan fingerprint density at radius 1 is 1.20 bits per heavy atom. The molecule has 0 amide bonds. The average molecular weight is 220 g/mol. The summed E-state index contributed by atoms with van der Waals surface area (Å²) in [6.45, 7) is 2.25. The van der Waals surface area contributed by atoms with Gasteiger partial charge in [-0.1, -0.05) is 9.24 Å². The molecule has 5 heteroatoms. The molecule has 0 aliphatic carbocycles. The molecule has 1 unspecified atom stereocenters. The third-order valence-electron chi connectivity index (χ3n) is 2.75. The van der Waals surface area contributed by atoms with Crippen LogP contribution in [0.4, 0.5) is 5.82 Å². The number of anilines is 1. The first kappa shape index (κ1) is 9.10. The molecule has 0 saturated carbocycles. The highest BCUT2D eigenvalue weighted by molar-refractivity contribution is 7.26. The molecule has 3 rings (SSSR count). The second-order valence-corrected chi connectivity index (χ2v) is 4.45. The Balaban J connectivity index is 2.04. The van der Waals surface area contributed by atoms with E-state index >= 15 is 0 Å². The molecule has 1 aliphatic heterocycles. The van der Waals surface area contributed by atoms with Crippen LogP contribution in [0.5, 0.6) is 0 Å². The van der Waals surface area contributed by atoms with Crippen molar-refractivity contribution in [1.29, 1.82) is 0 Å². The molecule has 0 spiro atoms. The Labute approximate surface area is 90.5 Å². The summed E-state index contributed by atoms with van der Waals surface area (Å²) in [6, 6.07) is 4.08. The number of fused-ring (bicyclic) bond motifs is 1. The van der Waals surface area contributed by atoms with Crippen molar-refractivity contribution < 1.29 is 0 Å². The van der Waals surface area contributed by atoms with Gasteiger partial charge < -0.3 is 4.90 Å². The molecule has 1 atom stereocenters. The van der Waals surface area contributed by atoms with Crippen molar-refractivity contribution in [3.8, 4) is 0 Å². The zero-order chi connectivity index (χ0) is 10.3. The van der Waals surface area contributed by atoms with E-state index in [0.717, 1.165) is 30.0 Å². The molecule has 78 valence electrons. The van der Waals surface area contributed by atoms with Gasteiger partial charge in [0.15, 0.2) is 5.65 Å². The zero-order valence-electron chi connectivity index (χ0n) is 8.43. The molecule has 1 saturated heterocycles. The van der Waals surface area contributed by atoms with Crippen molar-refractivity contribution in [2.45, 2.75) is 12.8 Å². The molecule has 0 bridgehead atoms. The molecule has 1 fully saturated rings. The van der Waals surface area contributed by atoms with E-state index in [4.69, 9.17) is 0 Å². The molecule has 3 heterocycles. The van der Waals surface area contributed by atoms with Gasteiger partial charge in [-0.2, -0.15) is 0 Å². The lowest BCUT2D eigenvalue weighted by atomic mass is 10.4. The number of imidazole rings is 1. The monoisotopic (exact) mass is 220 g/mol. The average Bonchev–Trinajstić information content (AvgIpc) is 2.82. The smallest absolute Gasteiger partial charge is 0.154 e. The van der Waals surface area contributed by atoms with Gasteiger partial charge in [0, 0.05) is 13.1 Å². The normalized spacial score (nSPS) is 16.5. The van der Waals surface area contributed by atoms with Gasteiger partial charge in [0.2, 0.25) is 0 Å². The van der Waals surface area contributed by atoms with Crippen molar-refractivity contribution >= 4 is 26.1 Å². The highest BCUT2D eigenvalue weighted by atomic mass is 31.0. The van der Waals surface area contributed by atoms with Gasteiger partial charge in [0.1, 0.15) is 5.82 Å². The van der Waals surface area contributed by atoms with Gasteiger partial charge in [0.25, 0.3) is 0 Å². The lowest BCUT2D eigenvalue weighted by Gasteiger charge is -2.15. The Bertz CT molecular complexity index is 487. The van der Waals surface area contributed by atoms with Crippen molar-refractivity contribution in [2.24, 2.45) is 0 Å². The van der Waals surface area contributed by atoms with Crippen LogP contribution in [0, 0.1) is 0 Å². The van der Waals surface area contributed by atoms with Crippen LogP contribution in [0.25, 0.3) is 5.65 Å². The Morgan fingerprint density at radius 2 is 2.00 bits per heavy atom. The number of nitrogens with zero attached hydrogens (tertiary/aromatic N) is 4. The zero-order valence-corrected chi connectivity index (χ0v) is 9.58. The molecule has 15 heavy (non-hydrogen) atoms. The topological polar surface area (TPSA) is 33.4 Å². The quantitative estimate of drug-likeness (QED) is 0.667. The van der Waals surface area contributed by atoms with Crippen LogP contribution in [0.15, 0.2) is 18.3 Å². The van der Waals surface area contributed by atoms with Crippen LogP contribution in [-0.2, 0) is 0 Å². The summed E-state index contributed by atoms with van der Waals surface area (Å²) in [6.07, 6.45) is 4.48. The van der Waals surface area contributed by atoms with E-state index in [1.807, 2.05) is 16.8 Å². The van der Waals surface area contributed by atoms with E-state index in [-0.39, 0.29) is 0 Å². The van der Waals surface area contributed by atoms with Crippen LogP contribution in [-0.4, -0.2) is 27.7 Å². The molecule has 2 aromatic heterocycles. The van der Waals surface area contributed by atoms with Crippen LogP contribution in [0.3, 0.4) is 0 Å². The summed E-state index contributed by atoms with van der Waals surface area (Å²) >= 11 is 0. The fourth-order valence-electron chi connectivity index (χ4n) is 2.01. The molecule has 0 N–H and O–H groups in total. The predicted octanol–water partition coefficient (Wildman–Crippen LogP) is 0.830. The highest BCUT2D eigenvalue weighted by Crippen LogP contribution is 2.17. The van der Waals surface area contributed by atoms with Gasteiger partial charge in [-0.15, -0.1) is 5.10 Å². The minimum absolute atomic E-state index is 0.906. The predicted molar refractivity (Wildman–Crippen MR) is 63.8 cm³/mol. The number of aromatic nitrogens is 3. The van der Waals surface area contributed by atoms with E-state index in [9.17, 15) is 0 Å². The number of hydrogen-bond donors (Lipinski definition) is 0. The van der Waals surface area contributed by atoms with Crippen LogP contribution >= 0.6 is 9.24 Å². The molecule has 0 radical (unpaired) electrons. The molecular formula is C10H13N4P. The van der Waals surface area contributed by atoms with Crippen molar-refractivity contribution in [3.63, 3.8) is 0 Å². The maximum Gasteiger partial charge on any atom is 0.154 e. The van der Waals surface area contributed by atoms with E-state index in [2.05, 4.69) is 30.3 Å². The Hall–Kier alpha value is -1.15. The largest absolute Gasteiger partial charge is 0.355 e. The van der Waals surface area contributed by atoms with Crippen molar-refractivity contribution in [3.05, 3.63) is 18.3 Å². The molecule has 4 nitrogen and oxygen atoms in total. The van der Waals surface area contributed by atoms with E-state index < -0.39 is 0 Å². The standard InChI is InChI=1S/C10H13N4P/c15-10-7-14-8(11-10)3-4-9(12-14)13-5-1-2-6-13/h3-4,7H,1-2,5-6,15H2. The highest BCUT2D eigenvalue weighted by Gasteiger charge is 2.13. The summed E-state index contributed by atoms with van der Waals surface area (Å²) in [7, 11) is 2.59. The number of rotatable bonds is 1. The second-order valence-electron chi connectivity index (χ2n) is 3.85. The van der Waals surface area contributed by atoms with Crippen LogP contribution in [0.1, 0.15) is 12.8 Å². The van der Waals surface area contributed by atoms with Gasteiger partial charge in [-0.25, -0.2) is 9.50 Å². The van der Waals surface area contributed by atoms with Crippen molar-refractivity contribution in [1.82, 2.24) is 14.6 Å². The number of hydrogen-bond acceptors (Lipinski definition) is 3. The van der Waals surface area contributed by atoms with E-state index in [1.54, 1.807) is 0 Å². The van der Waals surface area contributed by atoms with Gasteiger partial charge in [-0.05, 0) is 25.0 Å². The fourth-order valence-corrected chi connectivity index (χ4v) is 2.28. The minimum Gasteiger partial charge on any atom is -0.355 e. The van der Waals surface area contributed by atoms with Gasteiger partial charge in [-0.3, -0.25) is 0 Å². The first-order valence-electron chi connectivity index (χ1n) is 5.20. The summed E-state index contributed by atoms with van der Waals surface area (Å²) in [5.74, 6) is 1.06. The summed E-state index contributed by atoms with van der Waals surface area (Å²) in [5, 5.41) is 4.54. The first-order valence-corrected chi connectivity index (χ1v) is 5.77. The maximum atomic E-state index is 4.54. The molecule has 1 aliphatic rings. The molecule has 0 aromatic carbocycles. The third-order valence-corrected chi connectivity index (χ3v) is 3.03. The van der Waals surface area contributed by atoms with Crippen molar-refractivity contribution in [2.75, 3.05) is 18.0 Å². The summed E-state index contributed by atoms with van der Waals surface area (Å²) < 4.78 is 1.84. The van der Waals surface area contributed by atoms with E-state index in [1.165, 1.54) is 12.8 Å². The molecule has 2 aromatic rings. The van der Waals surface area contributed by atoms with Gasteiger partial charge >= 0.3 is 0 Å². The van der Waals surface area contributed by atoms with E-state index in [0.29, 0.717) is 0 Å². The SMILES string of the molecule is Pc1cn2nc(N3CCCC3)ccc2n1. The lowest BCUT2D eigenvalue weighted by molar-refractivity contribution is 0.860. The Kier molecular flexibility index (Phi) is 2.10. The fraction of sp³-hybridized carbons (Fsp3) is 0.400. The Morgan fingerprint density at radius 3 is 2.80 bits per heavy atom.